The molecule has 3 rings (SSSR count). The second-order valence-electron chi connectivity index (χ2n) is 6.21. The first-order chi connectivity index (χ1) is 11.5. The smallest absolute Gasteiger partial charge is 0.255 e. The Morgan fingerprint density at radius 1 is 1.29 bits per heavy atom. The van der Waals surface area contributed by atoms with Crippen LogP contribution < -0.4 is 5.32 Å². The molecule has 2 aromatic rings. The van der Waals surface area contributed by atoms with E-state index in [1.54, 1.807) is 36.7 Å². The molecule has 1 N–H and O–H groups in total. The van der Waals surface area contributed by atoms with Gasteiger partial charge in [0.05, 0.1) is 28.2 Å². The predicted octanol–water partition coefficient (Wildman–Crippen LogP) is 5.00. The van der Waals surface area contributed by atoms with Crippen LogP contribution in [0.4, 0.5) is 11.4 Å². The van der Waals surface area contributed by atoms with Crippen molar-refractivity contribution in [3.8, 4) is 0 Å². The second-order valence-corrected chi connectivity index (χ2v) is 7.05. The number of aromatic nitrogens is 1. The van der Waals surface area contributed by atoms with Crippen molar-refractivity contribution in [2.45, 2.75) is 19.8 Å². The van der Waals surface area contributed by atoms with Gasteiger partial charge in [0.15, 0.2) is 0 Å². The van der Waals surface area contributed by atoms with E-state index in [2.05, 4.69) is 17.2 Å². The van der Waals surface area contributed by atoms with Crippen molar-refractivity contribution in [1.82, 2.24) is 9.88 Å². The Balaban J connectivity index is 1.77. The number of halogens is 2. The highest BCUT2D eigenvalue weighted by atomic mass is 35.5. The minimum atomic E-state index is 0.0277. The number of carbonyl (C=O) groups excluding carboxylic acids is 1. The van der Waals surface area contributed by atoms with E-state index in [0.717, 1.165) is 30.9 Å². The summed E-state index contributed by atoms with van der Waals surface area (Å²) in [7, 11) is 0. The van der Waals surface area contributed by atoms with Crippen LogP contribution >= 0.6 is 23.2 Å². The molecule has 1 amide bonds. The first kappa shape index (κ1) is 17.1. The fraction of sp³-hybridized carbons (Fsp3) is 0.333. The van der Waals surface area contributed by atoms with Gasteiger partial charge in [-0.05, 0) is 43.0 Å². The molecule has 1 fully saturated rings. The van der Waals surface area contributed by atoms with Gasteiger partial charge in [-0.25, -0.2) is 0 Å². The molecule has 1 aliphatic rings. The summed E-state index contributed by atoms with van der Waals surface area (Å²) in [5, 5.41) is 4.28. The molecule has 0 aliphatic carbocycles. The molecular weight excluding hydrogens is 345 g/mol. The van der Waals surface area contributed by atoms with E-state index in [-0.39, 0.29) is 5.91 Å². The SMILES string of the molecule is CC1CCCN(C(=O)c2cncc(Nc3ccc(Cl)cc3Cl)c2)C1. The number of pyridine rings is 1. The zero-order chi connectivity index (χ0) is 17.1. The minimum absolute atomic E-state index is 0.0277. The molecule has 1 aliphatic heterocycles. The van der Waals surface area contributed by atoms with Crippen molar-refractivity contribution < 1.29 is 4.79 Å². The number of nitrogens with zero attached hydrogens (tertiary/aromatic N) is 2. The third kappa shape index (κ3) is 4.00. The van der Waals surface area contributed by atoms with Gasteiger partial charge in [-0.3, -0.25) is 9.78 Å². The highest BCUT2D eigenvalue weighted by Crippen LogP contribution is 2.28. The largest absolute Gasteiger partial charge is 0.353 e. The second kappa shape index (κ2) is 7.41. The van der Waals surface area contributed by atoms with Crippen molar-refractivity contribution in [1.29, 1.82) is 0 Å². The third-order valence-corrected chi connectivity index (χ3v) is 4.69. The number of anilines is 2. The first-order valence-corrected chi connectivity index (χ1v) is 8.75. The van der Waals surface area contributed by atoms with Crippen LogP contribution in [0.1, 0.15) is 30.1 Å². The number of rotatable bonds is 3. The van der Waals surface area contributed by atoms with E-state index in [1.165, 1.54) is 6.42 Å². The van der Waals surface area contributed by atoms with Gasteiger partial charge >= 0.3 is 0 Å². The van der Waals surface area contributed by atoms with Crippen molar-refractivity contribution in [2.24, 2.45) is 5.92 Å². The Hall–Kier alpha value is -1.78. The van der Waals surface area contributed by atoms with Crippen LogP contribution in [-0.2, 0) is 0 Å². The van der Waals surface area contributed by atoms with Crippen molar-refractivity contribution in [3.63, 3.8) is 0 Å². The number of carbonyl (C=O) groups is 1. The number of piperidine rings is 1. The average molecular weight is 364 g/mol. The van der Waals surface area contributed by atoms with Crippen molar-refractivity contribution >= 4 is 40.5 Å². The molecule has 1 saturated heterocycles. The molecule has 1 aromatic heterocycles. The summed E-state index contributed by atoms with van der Waals surface area (Å²) in [6.45, 7) is 3.79. The van der Waals surface area contributed by atoms with Crippen LogP contribution in [0.15, 0.2) is 36.7 Å². The van der Waals surface area contributed by atoms with Gasteiger partial charge in [0, 0.05) is 24.3 Å². The molecule has 2 heterocycles. The normalized spacial score (nSPS) is 17.6. The number of likely N-dealkylation sites (tertiary alicyclic amines) is 1. The minimum Gasteiger partial charge on any atom is -0.353 e. The Kier molecular flexibility index (Phi) is 5.27. The number of amides is 1. The highest BCUT2D eigenvalue weighted by Gasteiger charge is 2.22. The summed E-state index contributed by atoms with van der Waals surface area (Å²) >= 11 is 12.1. The predicted molar refractivity (Wildman–Crippen MR) is 98.3 cm³/mol. The number of hydrogen-bond donors (Lipinski definition) is 1. The van der Waals surface area contributed by atoms with Crippen LogP contribution in [0, 0.1) is 5.92 Å². The lowest BCUT2D eigenvalue weighted by molar-refractivity contribution is 0.0682. The Labute approximate surface area is 151 Å². The standard InChI is InChI=1S/C18H19Cl2N3O/c1-12-3-2-6-23(11-12)18(24)13-7-15(10-21-9-13)22-17-5-4-14(19)8-16(17)20/h4-5,7-10,12,22H,2-3,6,11H2,1H3. The summed E-state index contributed by atoms with van der Waals surface area (Å²) in [5.41, 5.74) is 2.02. The van der Waals surface area contributed by atoms with E-state index < -0.39 is 0 Å². The van der Waals surface area contributed by atoms with Crippen LogP contribution in [0.2, 0.25) is 10.0 Å². The van der Waals surface area contributed by atoms with Crippen LogP contribution in [-0.4, -0.2) is 28.9 Å². The maximum absolute atomic E-state index is 12.7. The van der Waals surface area contributed by atoms with Gasteiger partial charge in [0.2, 0.25) is 0 Å². The molecule has 1 atom stereocenters. The Morgan fingerprint density at radius 2 is 2.12 bits per heavy atom. The number of benzene rings is 1. The van der Waals surface area contributed by atoms with Gasteiger partial charge in [-0.15, -0.1) is 0 Å². The molecule has 0 radical (unpaired) electrons. The summed E-state index contributed by atoms with van der Waals surface area (Å²) in [5.74, 6) is 0.574. The van der Waals surface area contributed by atoms with Gasteiger partial charge in [-0.1, -0.05) is 30.1 Å². The molecule has 0 saturated carbocycles. The highest BCUT2D eigenvalue weighted by molar-refractivity contribution is 6.36. The fourth-order valence-electron chi connectivity index (χ4n) is 2.93. The molecule has 0 bridgehead atoms. The lowest BCUT2D eigenvalue weighted by Crippen LogP contribution is -2.39. The quantitative estimate of drug-likeness (QED) is 0.833. The molecule has 1 aromatic carbocycles. The fourth-order valence-corrected chi connectivity index (χ4v) is 3.38. The van der Waals surface area contributed by atoms with Gasteiger partial charge < -0.3 is 10.2 Å². The lowest BCUT2D eigenvalue weighted by Gasteiger charge is -2.31. The van der Waals surface area contributed by atoms with E-state index >= 15 is 0 Å². The molecule has 24 heavy (non-hydrogen) atoms. The van der Waals surface area contributed by atoms with Crippen LogP contribution in [0.25, 0.3) is 0 Å². The van der Waals surface area contributed by atoms with Crippen molar-refractivity contribution in [3.05, 3.63) is 52.3 Å². The Morgan fingerprint density at radius 3 is 2.88 bits per heavy atom. The van der Waals surface area contributed by atoms with Gasteiger partial charge in [-0.2, -0.15) is 0 Å². The van der Waals surface area contributed by atoms with Gasteiger partial charge in [0.1, 0.15) is 0 Å². The van der Waals surface area contributed by atoms with Gasteiger partial charge in [0.25, 0.3) is 5.91 Å². The zero-order valence-electron chi connectivity index (χ0n) is 13.4. The average Bonchev–Trinajstić information content (AvgIpc) is 2.57. The van der Waals surface area contributed by atoms with Crippen LogP contribution in [0.3, 0.4) is 0 Å². The Bertz CT molecular complexity index is 751. The summed E-state index contributed by atoms with van der Waals surface area (Å²) in [6.07, 6.45) is 5.51. The maximum Gasteiger partial charge on any atom is 0.255 e. The van der Waals surface area contributed by atoms with Crippen LogP contribution in [0.5, 0.6) is 0 Å². The summed E-state index contributed by atoms with van der Waals surface area (Å²) in [6, 6.07) is 7.03. The van der Waals surface area contributed by atoms with E-state index in [9.17, 15) is 4.79 Å². The van der Waals surface area contributed by atoms with E-state index in [4.69, 9.17) is 23.2 Å². The summed E-state index contributed by atoms with van der Waals surface area (Å²) in [4.78, 5) is 18.8. The van der Waals surface area contributed by atoms with E-state index in [0.29, 0.717) is 21.5 Å². The molecule has 4 nitrogen and oxygen atoms in total. The molecular formula is C18H19Cl2N3O. The molecule has 126 valence electrons. The lowest BCUT2D eigenvalue weighted by atomic mass is 10.00. The molecule has 1 unspecified atom stereocenters. The first-order valence-electron chi connectivity index (χ1n) is 7.99. The van der Waals surface area contributed by atoms with Crippen molar-refractivity contribution in [2.75, 3.05) is 18.4 Å². The molecule has 0 spiro atoms. The zero-order valence-corrected chi connectivity index (χ0v) is 14.9. The third-order valence-electron chi connectivity index (χ3n) is 4.14. The summed E-state index contributed by atoms with van der Waals surface area (Å²) < 4.78 is 0. The maximum atomic E-state index is 12.7. The topological polar surface area (TPSA) is 45.2 Å². The monoisotopic (exact) mass is 363 g/mol. The number of nitrogens with one attached hydrogen (secondary N) is 1. The molecule has 6 heteroatoms. The number of hydrogen-bond acceptors (Lipinski definition) is 3. The van der Waals surface area contributed by atoms with E-state index in [1.807, 2.05) is 4.90 Å².